The van der Waals surface area contributed by atoms with Gasteiger partial charge in [-0.15, -0.1) is 11.8 Å². The van der Waals surface area contributed by atoms with E-state index in [0.717, 1.165) is 23.6 Å². The summed E-state index contributed by atoms with van der Waals surface area (Å²) in [5, 5.41) is 3.76. The molecule has 4 heteroatoms. The van der Waals surface area contributed by atoms with Crippen LogP contribution in [0.4, 0.5) is 0 Å². The first-order valence-corrected chi connectivity index (χ1v) is 10.8. The molecule has 3 rings (SSSR count). The van der Waals surface area contributed by atoms with Gasteiger partial charge in [0.25, 0.3) is 5.91 Å². The lowest BCUT2D eigenvalue weighted by molar-refractivity contribution is 0.0953. The molecule has 0 heterocycles. The van der Waals surface area contributed by atoms with Gasteiger partial charge in [0, 0.05) is 27.8 Å². The maximum Gasteiger partial charge on any atom is 0.251 e. The van der Waals surface area contributed by atoms with Crippen LogP contribution in [0.3, 0.4) is 0 Å². The highest BCUT2D eigenvalue weighted by Crippen LogP contribution is 2.24. The zero-order valence-corrected chi connectivity index (χ0v) is 17.5. The molecule has 3 aromatic rings. The minimum Gasteiger partial charge on any atom is -0.352 e. The molecule has 0 aliphatic rings. The molecule has 0 aliphatic carbocycles. The fourth-order valence-electron chi connectivity index (χ4n) is 2.91. The fraction of sp³-hybridized carbons (Fsp3) is 0.208. The van der Waals surface area contributed by atoms with E-state index in [4.69, 9.17) is 11.6 Å². The summed E-state index contributed by atoms with van der Waals surface area (Å²) in [6.07, 6.45) is 1.91. The quantitative estimate of drug-likeness (QED) is 0.349. The van der Waals surface area contributed by atoms with Crippen molar-refractivity contribution in [1.29, 1.82) is 0 Å². The second-order valence-corrected chi connectivity index (χ2v) is 8.27. The van der Waals surface area contributed by atoms with Crippen molar-refractivity contribution in [2.24, 2.45) is 0 Å². The van der Waals surface area contributed by atoms with Crippen LogP contribution < -0.4 is 5.32 Å². The second kappa shape index (κ2) is 10.4. The van der Waals surface area contributed by atoms with Gasteiger partial charge in [-0.1, -0.05) is 53.6 Å². The number of nitrogens with one attached hydrogen (secondary N) is 1. The van der Waals surface area contributed by atoms with Crippen molar-refractivity contribution in [3.63, 3.8) is 0 Å². The third-order valence-electron chi connectivity index (χ3n) is 4.45. The van der Waals surface area contributed by atoms with E-state index in [2.05, 4.69) is 36.5 Å². The second-order valence-electron chi connectivity index (χ2n) is 6.79. The molecular weight excluding hydrogens is 386 g/mol. The first-order chi connectivity index (χ1) is 13.6. The van der Waals surface area contributed by atoms with E-state index in [9.17, 15) is 4.79 Å². The third kappa shape index (κ3) is 6.43. The standard InChI is InChI=1S/C24H24ClNOS/c1-18-4-2-5-19(16-18)6-3-15-26-24(27)21-9-7-20(8-10-21)17-28-23-13-11-22(25)12-14-23/h2,4-5,7-14,16H,3,6,15,17H2,1H3,(H,26,27). The highest BCUT2D eigenvalue weighted by atomic mass is 35.5. The van der Waals surface area contributed by atoms with Gasteiger partial charge in [-0.25, -0.2) is 0 Å². The number of carbonyl (C=O) groups is 1. The van der Waals surface area contributed by atoms with E-state index >= 15 is 0 Å². The molecule has 0 fully saturated rings. The summed E-state index contributed by atoms with van der Waals surface area (Å²) in [4.78, 5) is 13.5. The summed E-state index contributed by atoms with van der Waals surface area (Å²) in [7, 11) is 0. The SMILES string of the molecule is Cc1cccc(CCCNC(=O)c2ccc(CSc3ccc(Cl)cc3)cc2)c1. The molecule has 0 aliphatic heterocycles. The van der Waals surface area contributed by atoms with E-state index in [0.29, 0.717) is 12.1 Å². The Hall–Kier alpha value is -2.23. The van der Waals surface area contributed by atoms with Crippen molar-refractivity contribution < 1.29 is 4.79 Å². The van der Waals surface area contributed by atoms with E-state index in [-0.39, 0.29) is 5.91 Å². The minimum absolute atomic E-state index is 0.0128. The van der Waals surface area contributed by atoms with Crippen LogP contribution in [0.1, 0.15) is 33.5 Å². The van der Waals surface area contributed by atoms with E-state index in [1.807, 2.05) is 48.5 Å². The molecule has 0 atom stereocenters. The first kappa shape index (κ1) is 20.5. The predicted molar refractivity (Wildman–Crippen MR) is 119 cm³/mol. The van der Waals surface area contributed by atoms with Crippen LogP contribution in [-0.2, 0) is 12.2 Å². The van der Waals surface area contributed by atoms with Crippen molar-refractivity contribution in [2.45, 2.75) is 30.4 Å². The van der Waals surface area contributed by atoms with Gasteiger partial charge in [0.15, 0.2) is 0 Å². The lowest BCUT2D eigenvalue weighted by Crippen LogP contribution is -2.24. The minimum atomic E-state index is -0.0128. The van der Waals surface area contributed by atoms with Gasteiger partial charge in [0.1, 0.15) is 0 Å². The molecular formula is C24H24ClNOS. The molecule has 28 heavy (non-hydrogen) atoms. The van der Waals surface area contributed by atoms with Gasteiger partial charge < -0.3 is 5.32 Å². The number of hydrogen-bond donors (Lipinski definition) is 1. The Balaban J connectivity index is 1.42. The highest BCUT2D eigenvalue weighted by Gasteiger charge is 2.05. The molecule has 0 saturated heterocycles. The molecule has 3 aromatic carbocycles. The van der Waals surface area contributed by atoms with Gasteiger partial charge in [0.05, 0.1) is 0 Å². The van der Waals surface area contributed by atoms with Gasteiger partial charge in [0.2, 0.25) is 0 Å². The van der Waals surface area contributed by atoms with Gasteiger partial charge in [-0.05, 0) is 67.3 Å². The number of rotatable bonds is 8. The van der Waals surface area contributed by atoms with E-state index in [1.54, 1.807) is 11.8 Å². The zero-order chi connectivity index (χ0) is 19.8. The Bertz CT molecular complexity index is 907. The average Bonchev–Trinajstić information content (AvgIpc) is 2.71. The Morgan fingerprint density at radius 2 is 1.71 bits per heavy atom. The van der Waals surface area contributed by atoms with Crippen LogP contribution >= 0.6 is 23.4 Å². The van der Waals surface area contributed by atoms with Crippen LogP contribution in [0.15, 0.2) is 77.7 Å². The smallest absolute Gasteiger partial charge is 0.251 e. The molecule has 144 valence electrons. The molecule has 0 radical (unpaired) electrons. The lowest BCUT2D eigenvalue weighted by atomic mass is 10.1. The summed E-state index contributed by atoms with van der Waals surface area (Å²) in [5.74, 6) is 0.848. The number of amides is 1. The number of halogens is 1. The predicted octanol–water partition coefficient (Wildman–Crippen LogP) is 6.30. The summed E-state index contributed by atoms with van der Waals surface area (Å²) >= 11 is 7.66. The van der Waals surface area contributed by atoms with Crippen molar-refractivity contribution in [3.8, 4) is 0 Å². The average molecular weight is 410 g/mol. The number of hydrogen-bond acceptors (Lipinski definition) is 2. The molecule has 1 amide bonds. The van der Waals surface area contributed by atoms with Crippen molar-refractivity contribution in [1.82, 2.24) is 5.32 Å². The molecule has 0 aromatic heterocycles. The van der Waals surface area contributed by atoms with Crippen LogP contribution in [0, 0.1) is 6.92 Å². The van der Waals surface area contributed by atoms with Gasteiger partial charge in [-0.2, -0.15) is 0 Å². The molecule has 1 N–H and O–H groups in total. The largest absolute Gasteiger partial charge is 0.352 e. The van der Waals surface area contributed by atoms with Crippen molar-refractivity contribution in [2.75, 3.05) is 6.54 Å². The molecule has 2 nitrogen and oxygen atoms in total. The maximum atomic E-state index is 12.3. The highest BCUT2D eigenvalue weighted by molar-refractivity contribution is 7.98. The Morgan fingerprint density at radius 1 is 0.964 bits per heavy atom. The van der Waals surface area contributed by atoms with Crippen molar-refractivity contribution >= 4 is 29.3 Å². The van der Waals surface area contributed by atoms with Crippen LogP contribution in [0.5, 0.6) is 0 Å². The maximum absolute atomic E-state index is 12.3. The number of thioether (sulfide) groups is 1. The van der Waals surface area contributed by atoms with Crippen LogP contribution in [0.2, 0.25) is 5.02 Å². The summed E-state index contributed by atoms with van der Waals surface area (Å²) in [5.41, 5.74) is 4.49. The third-order valence-corrected chi connectivity index (χ3v) is 5.78. The normalized spacial score (nSPS) is 10.6. The Kier molecular flexibility index (Phi) is 7.58. The topological polar surface area (TPSA) is 29.1 Å². The molecule has 0 saturated carbocycles. The van der Waals surface area contributed by atoms with Gasteiger partial charge in [-0.3, -0.25) is 4.79 Å². The van der Waals surface area contributed by atoms with E-state index in [1.165, 1.54) is 21.6 Å². The van der Waals surface area contributed by atoms with Crippen LogP contribution in [0.25, 0.3) is 0 Å². The number of carbonyl (C=O) groups excluding carboxylic acids is 1. The fourth-order valence-corrected chi connectivity index (χ4v) is 3.89. The number of aryl methyl sites for hydroxylation is 2. The molecule has 0 unspecified atom stereocenters. The summed E-state index contributed by atoms with van der Waals surface area (Å²) in [6, 6.07) is 24.2. The lowest BCUT2D eigenvalue weighted by Gasteiger charge is -2.07. The van der Waals surface area contributed by atoms with Gasteiger partial charge >= 0.3 is 0 Å². The van der Waals surface area contributed by atoms with E-state index < -0.39 is 0 Å². The first-order valence-electron chi connectivity index (χ1n) is 9.41. The Labute approximate surface area is 176 Å². The zero-order valence-electron chi connectivity index (χ0n) is 16.0. The Morgan fingerprint density at radius 3 is 2.43 bits per heavy atom. The van der Waals surface area contributed by atoms with Crippen LogP contribution in [-0.4, -0.2) is 12.5 Å². The monoisotopic (exact) mass is 409 g/mol. The summed E-state index contributed by atoms with van der Waals surface area (Å²) < 4.78 is 0. The molecule has 0 spiro atoms. The van der Waals surface area contributed by atoms with Crippen molar-refractivity contribution in [3.05, 3.63) is 100 Å². The number of benzene rings is 3. The summed E-state index contributed by atoms with van der Waals surface area (Å²) in [6.45, 7) is 2.78. The molecule has 0 bridgehead atoms.